The van der Waals surface area contributed by atoms with Gasteiger partial charge < -0.3 is 5.73 Å². The summed E-state index contributed by atoms with van der Waals surface area (Å²) < 4.78 is 1.92. The molecular weight excluding hydrogens is 188 g/mol. The smallest absolute Gasteiger partial charge is 0.0297 e. The minimum absolute atomic E-state index is 0. The molecule has 0 fully saturated rings. The van der Waals surface area contributed by atoms with E-state index in [1.54, 1.807) is 12.4 Å². The molecule has 2 nitrogen and oxygen atoms in total. The van der Waals surface area contributed by atoms with Crippen LogP contribution in [-0.2, 0) is 6.54 Å². The van der Waals surface area contributed by atoms with Crippen LogP contribution < -0.4 is 5.73 Å². The number of hydrogen-bond donors (Lipinski definition) is 1. The Kier molecular flexibility index (Phi) is 12.0. The maximum absolute atomic E-state index is 5.32. The Morgan fingerprint density at radius 2 is 1.75 bits per heavy atom. The molecule has 0 spiro atoms. The summed E-state index contributed by atoms with van der Waals surface area (Å²) in [5.74, 6) is 0. The minimum Gasteiger partial charge on any atom is -0.326 e. The Morgan fingerprint density at radius 1 is 1.33 bits per heavy atom. The van der Waals surface area contributed by atoms with Crippen molar-refractivity contribution in [1.29, 1.82) is 0 Å². The van der Waals surface area contributed by atoms with Crippen LogP contribution in [0.1, 0.15) is 13.0 Å². The fraction of sp³-hybridized carbons (Fsp3) is 0.250. The van der Waals surface area contributed by atoms with E-state index < -0.39 is 0 Å². The van der Waals surface area contributed by atoms with E-state index in [0.717, 1.165) is 5.56 Å². The molecule has 0 aliphatic carbocycles. The predicted molar refractivity (Wildman–Crippen MR) is 59.0 cm³/mol. The van der Waals surface area contributed by atoms with E-state index >= 15 is 0 Å². The Labute approximate surface area is 83.8 Å². The highest BCUT2D eigenvalue weighted by molar-refractivity contribution is 7.93. The third kappa shape index (κ3) is 7.44. The van der Waals surface area contributed by atoms with Crippen molar-refractivity contribution in [3.8, 4) is 0 Å². The van der Waals surface area contributed by atoms with E-state index in [4.69, 9.17) is 5.73 Å². The van der Waals surface area contributed by atoms with Crippen molar-refractivity contribution in [2.75, 3.05) is 0 Å². The monoisotopic (exact) mass is 200 g/mol. The first kappa shape index (κ1) is 13.9. The summed E-state index contributed by atoms with van der Waals surface area (Å²) in [6.45, 7) is 0.600. The molecule has 0 saturated carbocycles. The number of thiocarbonyl (C=S) groups is 2. The van der Waals surface area contributed by atoms with Crippen molar-refractivity contribution in [2.45, 2.75) is 14.0 Å². The molecule has 1 rings (SSSR count). The normalized spacial score (nSPS) is 6.75. The summed E-state index contributed by atoms with van der Waals surface area (Å²) in [7, 11) is 0. The molecule has 12 heavy (non-hydrogen) atoms. The van der Waals surface area contributed by atoms with Gasteiger partial charge in [-0.15, -0.1) is 0 Å². The lowest BCUT2D eigenvalue weighted by Gasteiger charge is -1.89. The zero-order valence-electron chi connectivity index (χ0n) is 5.86. The molecule has 0 bridgehead atoms. The third-order valence-electron chi connectivity index (χ3n) is 0.985. The second-order valence-corrected chi connectivity index (χ2v) is 2.31. The SMILES string of the molecule is C.NCc1ccncc1.S=C=S. The summed E-state index contributed by atoms with van der Waals surface area (Å²) >= 11 is 7.92. The molecular formula is C8H12N2S2. The molecule has 2 N–H and O–H groups in total. The van der Waals surface area contributed by atoms with Gasteiger partial charge in [0.25, 0.3) is 0 Å². The lowest BCUT2D eigenvalue weighted by atomic mass is 10.3. The van der Waals surface area contributed by atoms with Crippen LogP contribution in [0.2, 0.25) is 0 Å². The van der Waals surface area contributed by atoms with Gasteiger partial charge in [-0.3, -0.25) is 4.98 Å². The highest BCUT2D eigenvalue weighted by atomic mass is 32.1. The van der Waals surface area contributed by atoms with Crippen LogP contribution in [0.3, 0.4) is 0 Å². The van der Waals surface area contributed by atoms with Crippen molar-refractivity contribution in [1.82, 2.24) is 4.98 Å². The second kappa shape index (κ2) is 10.3. The van der Waals surface area contributed by atoms with Gasteiger partial charge in [0.05, 0.1) is 0 Å². The molecule has 0 aliphatic rings. The zero-order valence-corrected chi connectivity index (χ0v) is 7.49. The molecule has 0 aromatic carbocycles. The molecule has 0 amide bonds. The quantitative estimate of drug-likeness (QED) is 0.705. The van der Waals surface area contributed by atoms with Crippen molar-refractivity contribution in [2.24, 2.45) is 5.73 Å². The van der Waals surface area contributed by atoms with Crippen molar-refractivity contribution < 1.29 is 0 Å². The van der Waals surface area contributed by atoms with Crippen LogP contribution in [0.15, 0.2) is 24.5 Å². The van der Waals surface area contributed by atoms with E-state index in [-0.39, 0.29) is 7.43 Å². The summed E-state index contributed by atoms with van der Waals surface area (Å²) in [5.41, 5.74) is 6.45. The molecule has 0 radical (unpaired) electrons. The van der Waals surface area contributed by atoms with Crippen LogP contribution in [0.4, 0.5) is 0 Å². The average molecular weight is 200 g/mol. The standard InChI is InChI=1S/C6H8N2.CS2.CH4/c7-5-6-1-3-8-4-2-6;2-1-3;/h1-4H,5,7H2;;1H4. The van der Waals surface area contributed by atoms with Crippen LogP contribution >= 0.6 is 24.4 Å². The number of hydrogen-bond acceptors (Lipinski definition) is 4. The summed E-state index contributed by atoms with van der Waals surface area (Å²) in [4.78, 5) is 3.84. The van der Waals surface area contributed by atoms with Crippen molar-refractivity contribution in [3.05, 3.63) is 30.1 Å². The van der Waals surface area contributed by atoms with Gasteiger partial charge in [-0.05, 0) is 42.1 Å². The van der Waals surface area contributed by atoms with E-state index in [1.807, 2.05) is 16.4 Å². The first-order chi connectivity index (χ1) is 5.35. The van der Waals surface area contributed by atoms with E-state index in [1.165, 1.54) is 0 Å². The molecule has 0 aliphatic heterocycles. The maximum Gasteiger partial charge on any atom is 0.0297 e. The van der Waals surface area contributed by atoms with Gasteiger partial charge >= 0.3 is 0 Å². The van der Waals surface area contributed by atoms with Gasteiger partial charge in [-0.2, -0.15) is 0 Å². The minimum atomic E-state index is 0. The number of nitrogens with zero attached hydrogens (tertiary/aromatic N) is 1. The summed E-state index contributed by atoms with van der Waals surface area (Å²) in [6, 6.07) is 3.81. The van der Waals surface area contributed by atoms with Crippen LogP contribution in [0, 0.1) is 0 Å². The number of rotatable bonds is 1. The van der Waals surface area contributed by atoms with Crippen LogP contribution in [0.5, 0.6) is 0 Å². The summed E-state index contributed by atoms with van der Waals surface area (Å²) in [5, 5.41) is 0. The van der Waals surface area contributed by atoms with Gasteiger partial charge in [0, 0.05) is 23.3 Å². The third-order valence-corrected chi connectivity index (χ3v) is 0.985. The Hall–Kier alpha value is -0.670. The van der Waals surface area contributed by atoms with E-state index in [0.29, 0.717) is 6.54 Å². The fourth-order valence-electron chi connectivity index (χ4n) is 0.519. The largest absolute Gasteiger partial charge is 0.326 e. The second-order valence-electron chi connectivity index (χ2n) is 1.64. The Bertz CT molecular complexity index is 218. The first-order valence-electron chi connectivity index (χ1n) is 2.93. The predicted octanol–water partition coefficient (Wildman–Crippen LogP) is 2.19. The maximum atomic E-state index is 5.32. The zero-order chi connectivity index (χ0) is 8.53. The van der Waals surface area contributed by atoms with Gasteiger partial charge in [-0.1, -0.05) is 7.43 Å². The molecule has 66 valence electrons. The first-order valence-corrected chi connectivity index (χ1v) is 3.75. The van der Waals surface area contributed by atoms with Gasteiger partial charge in [-0.25, -0.2) is 0 Å². The molecule has 1 heterocycles. The lowest BCUT2D eigenvalue weighted by molar-refractivity contribution is 1.06. The fourth-order valence-corrected chi connectivity index (χ4v) is 0.519. The van der Waals surface area contributed by atoms with Gasteiger partial charge in [0.2, 0.25) is 0 Å². The van der Waals surface area contributed by atoms with Crippen molar-refractivity contribution >= 4 is 28.7 Å². The molecule has 1 aromatic heterocycles. The van der Waals surface area contributed by atoms with Crippen LogP contribution in [-0.4, -0.2) is 9.30 Å². The highest BCUT2D eigenvalue weighted by Crippen LogP contribution is 1.91. The van der Waals surface area contributed by atoms with E-state index in [2.05, 4.69) is 29.4 Å². The number of pyridine rings is 1. The average Bonchev–Trinajstić information content (AvgIpc) is 2.08. The van der Waals surface area contributed by atoms with E-state index in [9.17, 15) is 0 Å². The van der Waals surface area contributed by atoms with Crippen LogP contribution in [0.25, 0.3) is 0 Å². The topological polar surface area (TPSA) is 38.9 Å². The molecule has 4 heteroatoms. The van der Waals surface area contributed by atoms with Gasteiger partial charge in [0.1, 0.15) is 0 Å². The molecule has 0 atom stereocenters. The number of aromatic nitrogens is 1. The van der Waals surface area contributed by atoms with Gasteiger partial charge in [0.15, 0.2) is 0 Å². The molecule has 0 unspecified atom stereocenters. The highest BCUT2D eigenvalue weighted by Gasteiger charge is 1.80. The Morgan fingerprint density at radius 3 is 2.00 bits per heavy atom. The Balaban J connectivity index is 0. The number of nitrogens with two attached hydrogens (primary N) is 1. The van der Waals surface area contributed by atoms with Crippen molar-refractivity contribution in [3.63, 3.8) is 0 Å². The lowest BCUT2D eigenvalue weighted by Crippen LogP contribution is -1.94. The molecule has 0 saturated heterocycles. The summed E-state index contributed by atoms with van der Waals surface area (Å²) in [6.07, 6.45) is 3.48. The molecule has 1 aromatic rings.